The molecule has 3 aromatic carbocycles. The SMILES string of the molecule is O=C(Cn1c(=O)cnc2ccccc21)Nc1nc(-c2ccc(-c3ccccc3)cc2)cs1. The Morgan fingerprint density at radius 1 is 0.875 bits per heavy atom. The lowest BCUT2D eigenvalue weighted by Crippen LogP contribution is -2.27. The van der Waals surface area contributed by atoms with Crippen molar-refractivity contribution >= 4 is 33.4 Å². The van der Waals surface area contributed by atoms with Gasteiger partial charge in [0.15, 0.2) is 5.13 Å². The lowest BCUT2D eigenvalue weighted by atomic mass is 10.0. The molecular weight excluding hydrogens is 420 g/mol. The van der Waals surface area contributed by atoms with Crippen molar-refractivity contribution in [1.82, 2.24) is 14.5 Å². The van der Waals surface area contributed by atoms with Gasteiger partial charge in [-0.2, -0.15) is 0 Å². The second-order valence-electron chi connectivity index (χ2n) is 7.20. The lowest BCUT2D eigenvalue weighted by Gasteiger charge is -2.08. The highest BCUT2D eigenvalue weighted by Gasteiger charge is 2.12. The third kappa shape index (κ3) is 4.06. The van der Waals surface area contributed by atoms with Gasteiger partial charge in [0.1, 0.15) is 6.54 Å². The Kier molecular flexibility index (Phi) is 5.31. The van der Waals surface area contributed by atoms with Crippen molar-refractivity contribution in [3.8, 4) is 22.4 Å². The Hall–Kier alpha value is -4.10. The molecule has 1 amide bonds. The first-order valence-corrected chi connectivity index (χ1v) is 10.9. The van der Waals surface area contributed by atoms with Crippen LogP contribution in [-0.2, 0) is 11.3 Å². The standard InChI is InChI=1S/C25H18N4O2S/c30-23(15-29-22-9-5-4-8-20(22)26-14-24(29)31)28-25-27-21(16-32-25)19-12-10-18(11-13-19)17-6-2-1-3-7-17/h1-14,16H,15H2,(H,27,28,30). The van der Waals surface area contributed by atoms with Gasteiger partial charge in [-0.15, -0.1) is 11.3 Å². The van der Waals surface area contributed by atoms with Gasteiger partial charge in [-0.3, -0.25) is 14.2 Å². The number of benzene rings is 3. The highest BCUT2D eigenvalue weighted by atomic mass is 32.1. The molecule has 0 unspecified atom stereocenters. The van der Waals surface area contributed by atoms with E-state index in [1.165, 1.54) is 22.1 Å². The number of hydrogen-bond donors (Lipinski definition) is 1. The van der Waals surface area contributed by atoms with E-state index in [1.807, 2.05) is 47.8 Å². The zero-order valence-electron chi connectivity index (χ0n) is 16.9. The fourth-order valence-corrected chi connectivity index (χ4v) is 4.24. The number of amides is 1. The number of anilines is 1. The smallest absolute Gasteiger partial charge is 0.269 e. The number of thiazole rings is 1. The molecule has 0 aliphatic heterocycles. The second-order valence-corrected chi connectivity index (χ2v) is 8.06. The van der Waals surface area contributed by atoms with Gasteiger partial charge in [-0.1, -0.05) is 66.7 Å². The summed E-state index contributed by atoms with van der Waals surface area (Å²) in [7, 11) is 0. The van der Waals surface area contributed by atoms with Crippen LogP contribution in [0.5, 0.6) is 0 Å². The first-order chi connectivity index (χ1) is 15.7. The number of nitrogens with one attached hydrogen (secondary N) is 1. The van der Waals surface area contributed by atoms with Gasteiger partial charge >= 0.3 is 0 Å². The van der Waals surface area contributed by atoms with E-state index in [9.17, 15) is 9.59 Å². The maximum atomic E-state index is 12.6. The Morgan fingerprint density at radius 2 is 1.56 bits per heavy atom. The van der Waals surface area contributed by atoms with Crippen LogP contribution in [0.4, 0.5) is 5.13 Å². The number of fused-ring (bicyclic) bond motifs is 1. The minimum atomic E-state index is -0.322. The minimum absolute atomic E-state index is 0.109. The molecule has 156 valence electrons. The topological polar surface area (TPSA) is 76.9 Å². The first kappa shape index (κ1) is 19.8. The van der Waals surface area contributed by atoms with Crippen molar-refractivity contribution in [1.29, 1.82) is 0 Å². The number of aromatic nitrogens is 3. The predicted octanol–water partition coefficient (Wildman–Crippen LogP) is 4.83. The van der Waals surface area contributed by atoms with Crippen LogP contribution in [0.1, 0.15) is 0 Å². The van der Waals surface area contributed by atoms with Crippen LogP contribution in [0.15, 0.2) is 95.2 Å². The number of carbonyl (C=O) groups excluding carboxylic acids is 1. The van der Waals surface area contributed by atoms with Crippen LogP contribution in [0.2, 0.25) is 0 Å². The van der Waals surface area contributed by atoms with Crippen LogP contribution in [0, 0.1) is 0 Å². The molecule has 5 aromatic rings. The normalized spacial score (nSPS) is 10.9. The molecule has 2 aromatic heterocycles. The van der Waals surface area contributed by atoms with Gasteiger partial charge in [0.2, 0.25) is 5.91 Å². The van der Waals surface area contributed by atoms with E-state index in [4.69, 9.17) is 0 Å². The number of rotatable bonds is 5. The fourth-order valence-electron chi connectivity index (χ4n) is 3.51. The molecule has 7 heteroatoms. The summed E-state index contributed by atoms with van der Waals surface area (Å²) < 4.78 is 1.41. The second kappa shape index (κ2) is 8.56. The van der Waals surface area contributed by atoms with E-state index in [0.29, 0.717) is 16.2 Å². The lowest BCUT2D eigenvalue weighted by molar-refractivity contribution is -0.116. The van der Waals surface area contributed by atoms with Crippen LogP contribution in [0.3, 0.4) is 0 Å². The summed E-state index contributed by atoms with van der Waals surface area (Å²) in [4.78, 5) is 33.5. The molecule has 0 spiro atoms. The van der Waals surface area contributed by atoms with E-state index in [2.05, 4.69) is 39.6 Å². The van der Waals surface area contributed by atoms with Crippen molar-refractivity contribution in [2.45, 2.75) is 6.54 Å². The quantitative estimate of drug-likeness (QED) is 0.427. The molecule has 0 radical (unpaired) electrons. The van der Waals surface area contributed by atoms with Gasteiger partial charge in [0.05, 0.1) is 22.9 Å². The monoisotopic (exact) mass is 438 g/mol. The average Bonchev–Trinajstić information content (AvgIpc) is 3.30. The van der Waals surface area contributed by atoms with Gasteiger partial charge in [0.25, 0.3) is 5.56 Å². The molecule has 0 saturated carbocycles. The molecule has 5 rings (SSSR count). The first-order valence-electron chi connectivity index (χ1n) is 10.0. The van der Waals surface area contributed by atoms with E-state index in [-0.39, 0.29) is 18.0 Å². The maximum absolute atomic E-state index is 12.6. The molecule has 0 aliphatic rings. The Morgan fingerprint density at radius 3 is 2.38 bits per heavy atom. The molecule has 1 N–H and O–H groups in total. The molecule has 0 fully saturated rings. The largest absolute Gasteiger partial charge is 0.300 e. The molecule has 6 nitrogen and oxygen atoms in total. The van der Waals surface area contributed by atoms with Crippen LogP contribution in [0.25, 0.3) is 33.4 Å². The summed E-state index contributed by atoms with van der Waals surface area (Å²) in [6, 6.07) is 25.6. The summed E-state index contributed by atoms with van der Waals surface area (Å²) in [5.74, 6) is -0.316. The summed E-state index contributed by atoms with van der Waals surface area (Å²) in [6.07, 6.45) is 1.23. The van der Waals surface area contributed by atoms with Crippen molar-refractivity contribution in [2.75, 3.05) is 5.32 Å². The molecule has 0 aliphatic carbocycles. The third-order valence-electron chi connectivity index (χ3n) is 5.09. The summed E-state index contributed by atoms with van der Waals surface area (Å²) in [5, 5.41) is 5.19. The number of nitrogens with zero attached hydrogens (tertiary/aromatic N) is 3. The average molecular weight is 439 g/mol. The van der Waals surface area contributed by atoms with Crippen molar-refractivity contribution in [3.63, 3.8) is 0 Å². The highest BCUT2D eigenvalue weighted by Crippen LogP contribution is 2.27. The van der Waals surface area contributed by atoms with E-state index >= 15 is 0 Å². The van der Waals surface area contributed by atoms with Gasteiger partial charge < -0.3 is 5.32 Å². The van der Waals surface area contributed by atoms with Gasteiger partial charge in [0, 0.05) is 10.9 Å². The third-order valence-corrected chi connectivity index (χ3v) is 5.85. The number of hydrogen-bond acceptors (Lipinski definition) is 5. The summed E-state index contributed by atoms with van der Waals surface area (Å²) in [5.41, 5.74) is 5.01. The molecule has 32 heavy (non-hydrogen) atoms. The summed E-state index contributed by atoms with van der Waals surface area (Å²) in [6.45, 7) is -0.109. The fraction of sp³-hybridized carbons (Fsp3) is 0.0400. The zero-order chi connectivity index (χ0) is 21.9. The molecule has 0 bridgehead atoms. The Balaban J connectivity index is 1.31. The van der Waals surface area contributed by atoms with E-state index in [0.717, 1.165) is 22.4 Å². The number of para-hydroxylation sites is 2. The van der Waals surface area contributed by atoms with Crippen LogP contribution >= 0.6 is 11.3 Å². The Bertz CT molecular complexity index is 1460. The summed E-state index contributed by atoms with van der Waals surface area (Å²) >= 11 is 1.35. The zero-order valence-corrected chi connectivity index (χ0v) is 17.8. The van der Waals surface area contributed by atoms with Crippen molar-refractivity contribution in [3.05, 3.63) is 101 Å². The van der Waals surface area contributed by atoms with E-state index < -0.39 is 0 Å². The number of carbonyl (C=O) groups is 1. The van der Waals surface area contributed by atoms with Gasteiger partial charge in [-0.05, 0) is 23.3 Å². The Labute approximate surface area is 187 Å². The molecule has 0 atom stereocenters. The molecular formula is C25H18N4O2S. The molecule has 0 saturated heterocycles. The maximum Gasteiger partial charge on any atom is 0.269 e. The van der Waals surface area contributed by atoms with Crippen molar-refractivity contribution in [2.24, 2.45) is 0 Å². The van der Waals surface area contributed by atoms with Crippen molar-refractivity contribution < 1.29 is 4.79 Å². The van der Waals surface area contributed by atoms with Crippen LogP contribution in [-0.4, -0.2) is 20.4 Å². The molecule has 2 heterocycles. The van der Waals surface area contributed by atoms with Gasteiger partial charge in [-0.25, -0.2) is 9.97 Å². The highest BCUT2D eigenvalue weighted by molar-refractivity contribution is 7.14. The predicted molar refractivity (Wildman–Crippen MR) is 128 cm³/mol. The minimum Gasteiger partial charge on any atom is -0.300 e. The van der Waals surface area contributed by atoms with E-state index in [1.54, 1.807) is 12.1 Å². The van der Waals surface area contributed by atoms with Crippen LogP contribution < -0.4 is 10.9 Å².